The zero-order valence-electron chi connectivity index (χ0n) is 18.6. The number of nitrogens with zero attached hydrogens (tertiary/aromatic N) is 2. The molecule has 0 aliphatic carbocycles. The fourth-order valence-corrected chi connectivity index (χ4v) is 5.76. The van der Waals surface area contributed by atoms with E-state index in [-0.39, 0.29) is 24.1 Å². The van der Waals surface area contributed by atoms with E-state index in [4.69, 9.17) is 11.6 Å². The van der Waals surface area contributed by atoms with Crippen LogP contribution in [0.2, 0.25) is 5.02 Å². The van der Waals surface area contributed by atoms with Crippen molar-refractivity contribution < 1.29 is 13.2 Å². The van der Waals surface area contributed by atoms with Gasteiger partial charge in [-0.1, -0.05) is 35.9 Å². The highest BCUT2D eigenvalue weighted by Crippen LogP contribution is 2.23. The molecule has 1 fully saturated rings. The number of rotatable bonds is 7. The summed E-state index contributed by atoms with van der Waals surface area (Å²) in [5.74, 6) is -0.300. The van der Waals surface area contributed by atoms with E-state index in [0.717, 1.165) is 42.4 Å². The van der Waals surface area contributed by atoms with Gasteiger partial charge in [0.25, 0.3) is 0 Å². The van der Waals surface area contributed by atoms with E-state index in [1.54, 1.807) is 31.5 Å². The second-order valence-corrected chi connectivity index (χ2v) is 11.5. The van der Waals surface area contributed by atoms with Crippen molar-refractivity contribution >= 4 is 43.8 Å². The Balaban J connectivity index is 1.29. The SMILES string of the molecule is CC(CC(=O)NC1CCN(c2ccncc2)CC1)S(=O)(=O)Cc1ccc2cc(Cl)ccc2c1. The molecule has 33 heavy (non-hydrogen) atoms. The van der Waals surface area contributed by atoms with Gasteiger partial charge in [0.05, 0.1) is 11.0 Å². The van der Waals surface area contributed by atoms with Crippen LogP contribution in [-0.2, 0) is 20.4 Å². The smallest absolute Gasteiger partial charge is 0.221 e. The molecule has 1 amide bonds. The Morgan fingerprint density at radius 2 is 1.76 bits per heavy atom. The molecule has 6 nitrogen and oxygen atoms in total. The molecule has 1 saturated heterocycles. The van der Waals surface area contributed by atoms with Crippen LogP contribution < -0.4 is 10.2 Å². The largest absolute Gasteiger partial charge is 0.371 e. The number of benzene rings is 2. The summed E-state index contributed by atoms with van der Waals surface area (Å²) in [6.07, 6.45) is 5.18. The van der Waals surface area contributed by atoms with Crippen LogP contribution in [0.15, 0.2) is 60.9 Å². The molecule has 3 aromatic rings. The number of anilines is 1. The van der Waals surface area contributed by atoms with Crippen LogP contribution in [0.1, 0.15) is 31.7 Å². The van der Waals surface area contributed by atoms with Gasteiger partial charge in [-0.3, -0.25) is 9.78 Å². The van der Waals surface area contributed by atoms with Gasteiger partial charge in [0, 0.05) is 48.7 Å². The number of carbonyl (C=O) groups is 1. The molecule has 1 aliphatic heterocycles. The predicted molar refractivity (Wildman–Crippen MR) is 133 cm³/mol. The number of hydrogen-bond donors (Lipinski definition) is 1. The molecule has 8 heteroatoms. The van der Waals surface area contributed by atoms with Gasteiger partial charge < -0.3 is 10.2 Å². The summed E-state index contributed by atoms with van der Waals surface area (Å²) < 4.78 is 25.8. The van der Waals surface area contributed by atoms with Gasteiger partial charge in [-0.2, -0.15) is 0 Å². The van der Waals surface area contributed by atoms with Crippen molar-refractivity contribution in [2.45, 2.75) is 43.2 Å². The maximum atomic E-state index is 12.9. The highest BCUT2D eigenvalue weighted by Gasteiger charge is 2.26. The topological polar surface area (TPSA) is 79.4 Å². The molecule has 1 aromatic heterocycles. The Bertz CT molecular complexity index is 1230. The quantitative estimate of drug-likeness (QED) is 0.537. The molecule has 1 unspecified atom stereocenters. The Kier molecular flexibility index (Phi) is 7.20. The van der Waals surface area contributed by atoms with E-state index in [0.29, 0.717) is 10.6 Å². The minimum absolute atomic E-state index is 0.0317. The van der Waals surface area contributed by atoms with Crippen LogP contribution >= 0.6 is 11.6 Å². The number of hydrogen-bond acceptors (Lipinski definition) is 5. The Morgan fingerprint density at radius 1 is 1.09 bits per heavy atom. The fraction of sp³-hybridized carbons (Fsp3) is 0.360. The standard InChI is InChI=1S/C25H28ClN3O3S/c1-18(33(31,32)17-19-2-3-21-16-22(26)5-4-20(21)15-19)14-25(30)28-23-8-12-29(13-9-23)24-6-10-27-11-7-24/h2-7,10-11,15-16,18,23H,8-9,12-14,17H2,1H3,(H,28,30). The molecule has 0 radical (unpaired) electrons. The summed E-state index contributed by atoms with van der Waals surface area (Å²) in [7, 11) is -3.47. The molecule has 0 bridgehead atoms. The van der Waals surface area contributed by atoms with Crippen LogP contribution in [-0.4, -0.2) is 43.7 Å². The van der Waals surface area contributed by atoms with Crippen LogP contribution in [0.25, 0.3) is 10.8 Å². The summed E-state index contributed by atoms with van der Waals surface area (Å²) in [5, 5.41) is 4.83. The number of amides is 1. The van der Waals surface area contributed by atoms with E-state index >= 15 is 0 Å². The summed E-state index contributed by atoms with van der Waals surface area (Å²) >= 11 is 6.02. The summed E-state index contributed by atoms with van der Waals surface area (Å²) in [6, 6.07) is 15.1. The lowest BCUT2D eigenvalue weighted by atomic mass is 10.0. The highest BCUT2D eigenvalue weighted by molar-refractivity contribution is 7.91. The van der Waals surface area contributed by atoms with Crippen LogP contribution in [0.4, 0.5) is 5.69 Å². The summed E-state index contributed by atoms with van der Waals surface area (Å²) in [5.41, 5.74) is 1.84. The molecule has 4 rings (SSSR count). The number of sulfone groups is 1. The Morgan fingerprint density at radius 3 is 2.48 bits per heavy atom. The lowest BCUT2D eigenvalue weighted by Crippen LogP contribution is -2.45. The average Bonchev–Trinajstić information content (AvgIpc) is 2.80. The third kappa shape index (κ3) is 6.03. The van der Waals surface area contributed by atoms with E-state index < -0.39 is 15.1 Å². The number of fused-ring (bicyclic) bond motifs is 1. The van der Waals surface area contributed by atoms with E-state index in [1.165, 1.54) is 0 Å². The fourth-order valence-electron chi connectivity index (χ4n) is 4.24. The molecular weight excluding hydrogens is 458 g/mol. The maximum absolute atomic E-state index is 12.9. The van der Waals surface area contributed by atoms with Crippen molar-refractivity contribution in [3.8, 4) is 0 Å². The zero-order chi connectivity index (χ0) is 23.4. The number of nitrogens with one attached hydrogen (secondary N) is 1. The number of pyridine rings is 1. The van der Waals surface area contributed by atoms with Crippen molar-refractivity contribution in [2.75, 3.05) is 18.0 Å². The van der Waals surface area contributed by atoms with Crippen molar-refractivity contribution in [1.29, 1.82) is 0 Å². The van der Waals surface area contributed by atoms with Crippen molar-refractivity contribution in [2.24, 2.45) is 0 Å². The second-order valence-electron chi connectivity index (χ2n) is 8.68. The normalized spacial score (nSPS) is 16.0. The van der Waals surface area contributed by atoms with E-state index in [1.807, 2.05) is 36.4 Å². The first kappa shape index (κ1) is 23.5. The molecule has 1 aliphatic rings. The van der Waals surface area contributed by atoms with Crippen molar-refractivity contribution in [3.63, 3.8) is 0 Å². The highest BCUT2D eigenvalue weighted by atomic mass is 35.5. The number of carbonyl (C=O) groups excluding carboxylic acids is 1. The van der Waals surface area contributed by atoms with Crippen molar-refractivity contribution in [1.82, 2.24) is 10.3 Å². The summed E-state index contributed by atoms with van der Waals surface area (Å²) in [4.78, 5) is 18.9. The van der Waals surface area contributed by atoms with Crippen LogP contribution in [0.5, 0.6) is 0 Å². The molecule has 0 saturated carbocycles. The molecule has 1 atom stereocenters. The molecule has 1 N–H and O–H groups in total. The third-order valence-corrected chi connectivity index (χ3v) is 8.57. The minimum Gasteiger partial charge on any atom is -0.371 e. The maximum Gasteiger partial charge on any atom is 0.221 e. The van der Waals surface area contributed by atoms with E-state index in [9.17, 15) is 13.2 Å². The number of aromatic nitrogens is 1. The number of halogens is 1. The first-order valence-corrected chi connectivity index (χ1v) is 13.2. The average molecular weight is 486 g/mol. The molecule has 0 spiro atoms. The zero-order valence-corrected chi connectivity index (χ0v) is 20.1. The molecular formula is C25H28ClN3O3S. The Labute approximate surface area is 199 Å². The van der Waals surface area contributed by atoms with Gasteiger partial charge in [0.15, 0.2) is 9.84 Å². The van der Waals surface area contributed by atoms with E-state index in [2.05, 4.69) is 15.2 Å². The van der Waals surface area contributed by atoms with Gasteiger partial charge in [-0.15, -0.1) is 0 Å². The second kappa shape index (κ2) is 10.1. The van der Waals surface area contributed by atoms with Gasteiger partial charge in [0.1, 0.15) is 0 Å². The predicted octanol–water partition coefficient (Wildman–Crippen LogP) is 4.37. The molecule has 174 valence electrons. The summed E-state index contributed by atoms with van der Waals surface area (Å²) in [6.45, 7) is 3.30. The number of piperidine rings is 1. The third-order valence-electron chi connectivity index (χ3n) is 6.21. The van der Waals surface area contributed by atoms with Gasteiger partial charge in [-0.25, -0.2) is 8.42 Å². The lowest BCUT2D eigenvalue weighted by Gasteiger charge is -2.34. The molecule has 2 aromatic carbocycles. The first-order chi connectivity index (χ1) is 15.8. The van der Waals surface area contributed by atoms with Crippen LogP contribution in [0.3, 0.4) is 0 Å². The molecule has 2 heterocycles. The van der Waals surface area contributed by atoms with Gasteiger partial charge in [-0.05, 0) is 60.4 Å². The van der Waals surface area contributed by atoms with Crippen molar-refractivity contribution in [3.05, 3.63) is 71.5 Å². The first-order valence-electron chi connectivity index (χ1n) is 11.1. The Hall–Kier alpha value is -2.64. The van der Waals surface area contributed by atoms with Gasteiger partial charge in [0.2, 0.25) is 5.91 Å². The van der Waals surface area contributed by atoms with Crippen LogP contribution in [0, 0.1) is 0 Å². The lowest BCUT2D eigenvalue weighted by molar-refractivity contribution is -0.121. The minimum atomic E-state index is -3.47. The van der Waals surface area contributed by atoms with Gasteiger partial charge >= 0.3 is 0 Å². The monoisotopic (exact) mass is 485 g/mol.